The summed E-state index contributed by atoms with van der Waals surface area (Å²) in [6.07, 6.45) is 4.75. The molecule has 0 spiro atoms. The van der Waals surface area contributed by atoms with Crippen LogP contribution in [-0.2, 0) is 24.9 Å². The van der Waals surface area contributed by atoms with Crippen molar-refractivity contribution in [2.75, 3.05) is 0 Å². The summed E-state index contributed by atoms with van der Waals surface area (Å²) < 4.78 is 2.35. The van der Waals surface area contributed by atoms with E-state index in [1.165, 1.54) is 44.0 Å². The fourth-order valence-corrected chi connectivity index (χ4v) is 7.26. The third kappa shape index (κ3) is 7.48. The molecule has 0 bridgehead atoms. The molecule has 7 aromatic rings. The molecule has 0 saturated heterocycles. The number of ketones is 1. The number of aryl methyl sites for hydroxylation is 2. The van der Waals surface area contributed by atoms with Crippen molar-refractivity contribution >= 4 is 54.7 Å². The second-order valence-electron chi connectivity index (χ2n) is 14.7. The van der Waals surface area contributed by atoms with Crippen LogP contribution < -0.4 is 0 Å². The first-order valence-corrected chi connectivity index (χ1v) is 18.7. The van der Waals surface area contributed by atoms with E-state index in [1.54, 1.807) is 0 Å². The predicted octanol–water partition coefficient (Wildman–Crippen LogP) is 13.2. The topological polar surface area (TPSA) is 54.6 Å². The zero-order valence-corrected chi connectivity index (χ0v) is 34.7. The molecular weight excluding hydrogens is 829 g/mol. The number of para-hydroxylation sites is 2. The van der Waals surface area contributed by atoms with E-state index in [0.29, 0.717) is 0 Å². The summed E-state index contributed by atoms with van der Waals surface area (Å²) in [5.41, 5.74) is 5.98. The number of imidazole rings is 1. The fraction of sp³-hybridized carbons (Fsp3) is 0.292. The molecule has 0 saturated carbocycles. The van der Waals surface area contributed by atoms with Gasteiger partial charge in [-0.05, 0) is 59.4 Å². The molecule has 1 radical (unpaired) electrons. The summed E-state index contributed by atoms with van der Waals surface area (Å²) in [7, 11) is 0. The van der Waals surface area contributed by atoms with Crippen molar-refractivity contribution in [1.82, 2.24) is 9.38 Å². The monoisotopic (exact) mass is 880 g/mol. The van der Waals surface area contributed by atoms with Gasteiger partial charge in [0.1, 0.15) is 5.76 Å². The molecule has 1 N–H and O–H groups in total. The molecule has 53 heavy (non-hydrogen) atoms. The quantitative estimate of drug-likeness (QED) is 0.0940. The van der Waals surface area contributed by atoms with Crippen LogP contribution in [0.4, 0.5) is 0 Å². The minimum absolute atomic E-state index is 0. The maximum atomic E-state index is 12.2. The van der Waals surface area contributed by atoms with E-state index in [2.05, 4.69) is 127 Å². The van der Waals surface area contributed by atoms with Gasteiger partial charge in [-0.25, -0.2) is 0 Å². The van der Waals surface area contributed by atoms with Crippen molar-refractivity contribution in [3.63, 3.8) is 0 Å². The molecule has 2 heterocycles. The first kappa shape index (κ1) is 39.6. The number of nitrogens with zero attached hydrogens (tertiary/aromatic N) is 2. The molecule has 0 aliphatic heterocycles. The van der Waals surface area contributed by atoms with Gasteiger partial charge < -0.3 is 9.51 Å². The number of allylic oxidation sites excluding steroid dienone is 2. The Hall–Kier alpha value is -4.57. The van der Waals surface area contributed by atoms with Crippen LogP contribution >= 0.6 is 0 Å². The maximum absolute atomic E-state index is 12.2. The Morgan fingerprint density at radius 2 is 1.19 bits per heavy atom. The molecule has 0 aliphatic rings. The van der Waals surface area contributed by atoms with Gasteiger partial charge in [-0.15, -0.1) is 34.9 Å². The first-order chi connectivity index (χ1) is 25.0. The van der Waals surface area contributed by atoms with Crippen molar-refractivity contribution < 1.29 is 30.0 Å². The average molecular weight is 880 g/mol. The molecule has 275 valence electrons. The van der Waals surface area contributed by atoms with Gasteiger partial charge in [0.05, 0.1) is 16.9 Å². The van der Waals surface area contributed by atoms with Gasteiger partial charge in [-0.2, -0.15) is 0 Å². The zero-order chi connectivity index (χ0) is 37.2. The molecule has 0 fully saturated rings. The summed E-state index contributed by atoms with van der Waals surface area (Å²) in [6, 6.07) is 40.6. The van der Waals surface area contributed by atoms with Crippen LogP contribution in [-0.4, -0.2) is 20.3 Å². The maximum Gasteiger partial charge on any atom is 0.164 e. The Morgan fingerprint density at radius 3 is 1.74 bits per heavy atom. The molecule has 0 aliphatic carbocycles. The summed E-state index contributed by atoms with van der Waals surface area (Å²) >= 11 is 0. The van der Waals surface area contributed by atoms with Crippen molar-refractivity contribution in [3.05, 3.63) is 132 Å². The summed E-state index contributed by atoms with van der Waals surface area (Å²) in [6.45, 7) is 16.3. The number of hydrogen-bond donors (Lipinski definition) is 1. The van der Waals surface area contributed by atoms with Gasteiger partial charge >= 0.3 is 0 Å². The van der Waals surface area contributed by atoms with E-state index in [0.717, 1.165) is 59.2 Å². The van der Waals surface area contributed by atoms with Crippen LogP contribution in [0.25, 0.3) is 60.3 Å². The molecule has 0 amide bonds. The van der Waals surface area contributed by atoms with Crippen LogP contribution in [0, 0.1) is 30.7 Å². The summed E-state index contributed by atoms with van der Waals surface area (Å²) in [5, 5.41) is 17.4. The minimum Gasteiger partial charge on any atom is -0.512 e. The second-order valence-corrected chi connectivity index (χ2v) is 14.7. The van der Waals surface area contributed by atoms with E-state index >= 15 is 0 Å². The van der Waals surface area contributed by atoms with Crippen LogP contribution in [0.1, 0.15) is 78.4 Å². The number of carbonyl (C=O) groups is 1. The molecule has 2 aromatic heterocycles. The van der Waals surface area contributed by atoms with Gasteiger partial charge in [0, 0.05) is 53.3 Å². The van der Waals surface area contributed by atoms with Crippen LogP contribution in [0.5, 0.6) is 0 Å². The predicted molar refractivity (Wildman–Crippen MR) is 221 cm³/mol. The number of fused-ring (bicyclic) bond motifs is 7. The van der Waals surface area contributed by atoms with E-state index in [9.17, 15) is 9.90 Å². The standard InChI is InChI=1S/C33H23N2.C15H28O2.Ir/c1-21-18-22(2)20-23(19-21)33-34-30-16-9-15-29-27-13-6-4-11-25(27)24-10-3-5-12-26(24)28-14-7-8-17-31(28)35(33)32(29)30;1-7-14(5,8-2)12(16)11-13(17)15(6,9-3)10-4;/h3-19H,1-2H3;11,16H,7-10H2,1-6H3;/q-1;;/b;12-11-;. The van der Waals surface area contributed by atoms with E-state index in [-0.39, 0.29) is 42.5 Å². The number of hydrogen-bond acceptors (Lipinski definition) is 3. The Bertz CT molecular complexity index is 2480. The smallest absolute Gasteiger partial charge is 0.164 e. The van der Waals surface area contributed by atoms with Crippen molar-refractivity contribution in [2.45, 2.75) is 81.1 Å². The molecule has 4 nitrogen and oxygen atoms in total. The van der Waals surface area contributed by atoms with Gasteiger partial charge in [0.15, 0.2) is 5.78 Å². The third-order valence-corrected chi connectivity index (χ3v) is 11.5. The number of aliphatic hydroxyl groups is 1. The Balaban J connectivity index is 0.000000259. The first-order valence-electron chi connectivity index (χ1n) is 18.7. The zero-order valence-electron chi connectivity index (χ0n) is 32.3. The van der Waals surface area contributed by atoms with Crippen LogP contribution in [0.3, 0.4) is 0 Å². The summed E-state index contributed by atoms with van der Waals surface area (Å²) in [4.78, 5) is 17.4. The number of aliphatic hydroxyl groups excluding tert-OH is 1. The number of rotatable bonds is 8. The third-order valence-electron chi connectivity index (χ3n) is 11.5. The van der Waals surface area contributed by atoms with Gasteiger partial charge in [-0.3, -0.25) is 9.78 Å². The molecule has 0 unspecified atom stereocenters. The Kier molecular flexibility index (Phi) is 12.1. The van der Waals surface area contributed by atoms with Crippen LogP contribution in [0.15, 0.2) is 115 Å². The number of carbonyl (C=O) groups excluding carboxylic acids is 1. The number of aromatic nitrogens is 2. The van der Waals surface area contributed by atoms with Crippen molar-refractivity contribution in [1.29, 1.82) is 0 Å². The van der Waals surface area contributed by atoms with Gasteiger partial charge in [0.25, 0.3) is 0 Å². The van der Waals surface area contributed by atoms with Crippen molar-refractivity contribution in [3.8, 4) is 11.4 Å². The average Bonchev–Trinajstić information content (AvgIpc) is 3.58. The fourth-order valence-electron chi connectivity index (χ4n) is 7.26. The van der Waals surface area contributed by atoms with E-state index in [4.69, 9.17) is 4.98 Å². The van der Waals surface area contributed by atoms with E-state index in [1.807, 2.05) is 41.5 Å². The van der Waals surface area contributed by atoms with Crippen molar-refractivity contribution in [2.24, 2.45) is 10.8 Å². The molecule has 7 rings (SSSR count). The molecule has 5 aromatic carbocycles. The van der Waals surface area contributed by atoms with Gasteiger partial charge in [0.2, 0.25) is 0 Å². The normalized spacial score (nSPS) is 12.2. The van der Waals surface area contributed by atoms with E-state index < -0.39 is 0 Å². The SMILES string of the molecule is CCC(C)(CC)C(=O)/C=C(\O)C(C)(CC)CC.Cc1[c-]c(-c2nc3cccc4c5ccccc5c5ccccc5c5ccccc5n2c34)cc(C)c1.[Ir]. The largest absolute Gasteiger partial charge is 0.512 e. The van der Waals surface area contributed by atoms with Crippen LogP contribution in [0.2, 0.25) is 0 Å². The van der Waals surface area contributed by atoms with Gasteiger partial charge in [-0.1, -0.05) is 134 Å². The molecule has 0 atom stereocenters. The minimum atomic E-state index is -0.337. The Labute approximate surface area is 328 Å². The Morgan fingerprint density at radius 1 is 0.698 bits per heavy atom. The second kappa shape index (κ2) is 16.2. The number of benzene rings is 5. The molecule has 5 heteroatoms. The summed E-state index contributed by atoms with van der Waals surface area (Å²) in [5.74, 6) is 1.21. The molecular formula is C48H51IrN2O2-.